The average molecular weight is 238 g/mol. The van der Waals surface area contributed by atoms with Gasteiger partial charge in [0, 0.05) is 12.0 Å². The van der Waals surface area contributed by atoms with Gasteiger partial charge >= 0.3 is 0 Å². The zero-order chi connectivity index (χ0) is 11.8. The Morgan fingerprint density at radius 1 is 1.12 bits per heavy atom. The van der Waals surface area contributed by atoms with Gasteiger partial charge in [0.05, 0.1) is 12.2 Å². The lowest BCUT2D eigenvalue weighted by atomic mass is 9.72. The maximum Gasteiger partial charge on any atom is 0.0624 e. The summed E-state index contributed by atoms with van der Waals surface area (Å²) in [6, 6.07) is 0.498. The fraction of sp³-hybridized carbons (Fsp3) is 1.00. The minimum absolute atomic E-state index is 0.498. The lowest BCUT2D eigenvalue weighted by Crippen LogP contribution is -2.49. The van der Waals surface area contributed by atoms with E-state index in [1.807, 2.05) is 0 Å². The number of ether oxygens (including phenoxy) is 1. The lowest BCUT2D eigenvalue weighted by Gasteiger charge is -2.37. The SMILES string of the molecule is CC1CCC(C(NN)C2CC3CCC2O3)CC1. The Morgan fingerprint density at radius 3 is 2.41 bits per heavy atom. The van der Waals surface area contributed by atoms with Gasteiger partial charge in [-0.25, -0.2) is 0 Å². The van der Waals surface area contributed by atoms with E-state index in [1.54, 1.807) is 0 Å². The second-order valence-electron chi connectivity index (χ2n) is 6.49. The van der Waals surface area contributed by atoms with E-state index in [9.17, 15) is 0 Å². The van der Waals surface area contributed by atoms with Gasteiger partial charge in [0.2, 0.25) is 0 Å². The van der Waals surface area contributed by atoms with Crippen molar-refractivity contribution in [1.29, 1.82) is 0 Å². The van der Waals surface area contributed by atoms with Gasteiger partial charge < -0.3 is 4.74 Å². The van der Waals surface area contributed by atoms with E-state index >= 15 is 0 Å². The predicted molar refractivity (Wildman–Crippen MR) is 68.2 cm³/mol. The average Bonchev–Trinajstić information content (AvgIpc) is 2.95. The van der Waals surface area contributed by atoms with Crippen LogP contribution in [0.15, 0.2) is 0 Å². The summed E-state index contributed by atoms with van der Waals surface area (Å²) in [4.78, 5) is 0. The molecule has 2 saturated heterocycles. The molecule has 0 amide bonds. The molecule has 2 bridgehead atoms. The first kappa shape index (κ1) is 11.9. The zero-order valence-electron chi connectivity index (χ0n) is 10.9. The second-order valence-corrected chi connectivity index (χ2v) is 6.49. The van der Waals surface area contributed by atoms with Crippen LogP contribution in [-0.4, -0.2) is 18.2 Å². The Balaban J connectivity index is 1.63. The van der Waals surface area contributed by atoms with E-state index in [0.29, 0.717) is 24.2 Å². The first-order chi connectivity index (χ1) is 8.28. The summed E-state index contributed by atoms with van der Waals surface area (Å²) in [5, 5.41) is 0. The molecular formula is C14H26N2O. The Labute approximate surface area is 104 Å². The van der Waals surface area contributed by atoms with Gasteiger partial charge in [-0.15, -0.1) is 0 Å². The monoisotopic (exact) mass is 238 g/mol. The highest BCUT2D eigenvalue weighted by Crippen LogP contribution is 2.44. The van der Waals surface area contributed by atoms with Crippen molar-refractivity contribution in [3.8, 4) is 0 Å². The van der Waals surface area contributed by atoms with Crippen LogP contribution in [0.5, 0.6) is 0 Å². The molecule has 3 heteroatoms. The molecule has 1 saturated carbocycles. The number of hydrogen-bond acceptors (Lipinski definition) is 3. The third kappa shape index (κ3) is 2.25. The minimum Gasteiger partial charge on any atom is -0.375 e. The summed E-state index contributed by atoms with van der Waals surface area (Å²) in [5.41, 5.74) is 3.13. The van der Waals surface area contributed by atoms with Crippen LogP contribution in [0, 0.1) is 17.8 Å². The molecule has 3 aliphatic rings. The molecule has 0 aromatic heterocycles. The first-order valence-electron chi connectivity index (χ1n) is 7.39. The van der Waals surface area contributed by atoms with E-state index in [-0.39, 0.29) is 0 Å². The molecule has 98 valence electrons. The number of hydrogen-bond donors (Lipinski definition) is 2. The van der Waals surface area contributed by atoms with E-state index < -0.39 is 0 Å². The number of hydrazine groups is 1. The quantitative estimate of drug-likeness (QED) is 0.585. The molecule has 2 heterocycles. The van der Waals surface area contributed by atoms with Crippen molar-refractivity contribution in [3.05, 3.63) is 0 Å². The second kappa shape index (κ2) is 4.87. The summed E-state index contributed by atoms with van der Waals surface area (Å²) >= 11 is 0. The van der Waals surface area contributed by atoms with E-state index in [2.05, 4.69) is 12.3 Å². The molecule has 3 N–H and O–H groups in total. The van der Waals surface area contributed by atoms with Crippen molar-refractivity contribution in [2.45, 2.75) is 70.1 Å². The van der Waals surface area contributed by atoms with Gasteiger partial charge in [0.1, 0.15) is 0 Å². The highest BCUT2D eigenvalue weighted by Gasteiger charge is 2.46. The maximum absolute atomic E-state index is 5.98. The Kier molecular flexibility index (Phi) is 3.42. The fourth-order valence-corrected chi connectivity index (χ4v) is 4.31. The molecule has 0 aromatic rings. The van der Waals surface area contributed by atoms with Crippen LogP contribution >= 0.6 is 0 Å². The summed E-state index contributed by atoms with van der Waals surface area (Å²) in [5.74, 6) is 8.22. The van der Waals surface area contributed by atoms with E-state index in [4.69, 9.17) is 10.6 Å². The molecule has 0 spiro atoms. The van der Waals surface area contributed by atoms with Crippen molar-refractivity contribution in [2.75, 3.05) is 0 Å². The Morgan fingerprint density at radius 2 is 1.88 bits per heavy atom. The van der Waals surface area contributed by atoms with Crippen LogP contribution in [0.2, 0.25) is 0 Å². The standard InChI is InChI=1S/C14H26N2O/c1-9-2-4-10(5-3-9)14(16-15)12-8-11-6-7-13(12)17-11/h9-14,16H,2-8,15H2,1H3. The molecule has 3 rings (SSSR count). The van der Waals surface area contributed by atoms with Gasteiger partial charge in [-0.3, -0.25) is 11.3 Å². The van der Waals surface area contributed by atoms with E-state index in [1.165, 1.54) is 44.9 Å². The van der Waals surface area contributed by atoms with Crippen molar-refractivity contribution >= 4 is 0 Å². The highest BCUT2D eigenvalue weighted by molar-refractivity contribution is 4.97. The molecule has 4 atom stereocenters. The molecular weight excluding hydrogens is 212 g/mol. The van der Waals surface area contributed by atoms with Gasteiger partial charge in [0.15, 0.2) is 0 Å². The third-order valence-corrected chi connectivity index (χ3v) is 5.38. The molecule has 1 aliphatic carbocycles. The molecule has 3 nitrogen and oxygen atoms in total. The van der Waals surface area contributed by atoms with Crippen molar-refractivity contribution < 1.29 is 4.74 Å². The Hall–Kier alpha value is -0.120. The Bertz CT molecular complexity index is 263. The van der Waals surface area contributed by atoms with Crippen LogP contribution in [0.25, 0.3) is 0 Å². The number of nitrogens with one attached hydrogen (secondary N) is 1. The number of fused-ring (bicyclic) bond motifs is 2. The summed E-state index contributed by atoms with van der Waals surface area (Å²) in [7, 11) is 0. The van der Waals surface area contributed by atoms with Crippen LogP contribution in [-0.2, 0) is 4.74 Å². The highest BCUT2D eigenvalue weighted by atomic mass is 16.5. The third-order valence-electron chi connectivity index (χ3n) is 5.38. The first-order valence-corrected chi connectivity index (χ1v) is 7.39. The predicted octanol–water partition coefficient (Wildman–Crippen LogP) is 2.21. The van der Waals surface area contributed by atoms with E-state index in [0.717, 1.165) is 11.8 Å². The lowest BCUT2D eigenvalue weighted by molar-refractivity contribution is 0.0738. The van der Waals surface area contributed by atoms with Crippen LogP contribution in [0.3, 0.4) is 0 Å². The zero-order valence-corrected chi connectivity index (χ0v) is 10.9. The van der Waals surface area contributed by atoms with Crippen LogP contribution < -0.4 is 11.3 Å². The number of rotatable bonds is 3. The molecule has 0 aromatic carbocycles. The fourth-order valence-electron chi connectivity index (χ4n) is 4.31. The van der Waals surface area contributed by atoms with Gasteiger partial charge in [-0.05, 0) is 43.9 Å². The van der Waals surface area contributed by atoms with Crippen LogP contribution in [0.1, 0.15) is 51.9 Å². The maximum atomic E-state index is 5.98. The molecule has 2 aliphatic heterocycles. The number of nitrogens with two attached hydrogens (primary N) is 1. The topological polar surface area (TPSA) is 47.3 Å². The van der Waals surface area contributed by atoms with Crippen LogP contribution in [0.4, 0.5) is 0 Å². The molecule has 17 heavy (non-hydrogen) atoms. The largest absolute Gasteiger partial charge is 0.375 e. The summed E-state index contributed by atoms with van der Waals surface area (Å²) in [6.45, 7) is 2.38. The van der Waals surface area contributed by atoms with Crippen molar-refractivity contribution in [2.24, 2.45) is 23.6 Å². The minimum atomic E-state index is 0.498. The summed E-state index contributed by atoms with van der Waals surface area (Å²) < 4.78 is 5.98. The molecule has 0 radical (unpaired) electrons. The molecule has 3 fully saturated rings. The smallest absolute Gasteiger partial charge is 0.0624 e. The summed E-state index contributed by atoms with van der Waals surface area (Å²) in [6.07, 6.45) is 10.3. The van der Waals surface area contributed by atoms with Gasteiger partial charge in [-0.1, -0.05) is 19.8 Å². The van der Waals surface area contributed by atoms with Gasteiger partial charge in [-0.2, -0.15) is 0 Å². The van der Waals surface area contributed by atoms with Crippen molar-refractivity contribution in [1.82, 2.24) is 5.43 Å². The molecule has 4 unspecified atom stereocenters. The van der Waals surface area contributed by atoms with Crippen molar-refractivity contribution in [3.63, 3.8) is 0 Å². The normalized spacial score (nSPS) is 47.3. The van der Waals surface area contributed by atoms with Gasteiger partial charge in [0.25, 0.3) is 0 Å².